The van der Waals surface area contributed by atoms with Gasteiger partial charge in [0.15, 0.2) is 0 Å². The molecule has 2 aliphatic heterocycles. The smallest absolute Gasteiger partial charge is 0.322 e. The largest absolute Gasteiger partial charge is 0.497 e. The Morgan fingerprint density at radius 2 is 2.03 bits per heavy atom. The summed E-state index contributed by atoms with van der Waals surface area (Å²) < 4.78 is 5.17. The van der Waals surface area contributed by atoms with Crippen molar-refractivity contribution in [2.45, 2.75) is 38.4 Å². The van der Waals surface area contributed by atoms with Gasteiger partial charge in [0.05, 0.1) is 19.3 Å². The lowest BCUT2D eigenvalue weighted by molar-refractivity contribution is -0.132. The number of nitrogens with zero attached hydrogens (tertiary/aromatic N) is 3. The van der Waals surface area contributed by atoms with Crippen LogP contribution in [0.25, 0.3) is 0 Å². The molecule has 9 nitrogen and oxygen atoms in total. The maximum absolute atomic E-state index is 12.5. The number of fused-ring (bicyclic) bond motifs is 1. The van der Waals surface area contributed by atoms with E-state index in [-0.39, 0.29) is 24.7 Å². The van der Waals surface area contributed by atoms with E-state index in [2.05, 4.69) is 20.6 Å². The number of ether oxygens (including phenoxy) is 1. The van der Waals surface area contributed by atoms with E-state index in [0.29, 0.717) is 25.3 Å². The number of urea groups is 1. The standard InChI is InChI=1S/C20H21N5O4/c1-29-14-4-2-12(3-5-14)8-17-21-9-13-10-25(11-16(13)22-17)18(26)7-6-15-19(27)24-20(28)23-15/h2-5,9,15H,6-8,10-11H2,1H3,(H2,23,24,27,28). The van der Waals surface area contributed by atoms with E-state index in [4.69, 9.17) is 4.74 Å². The van der Waals surface area contributed by atoms with Crippen molar-refractivity contribution in [1.29, 1.82) is 0 Å². The van der Waals surface area contributed by atoms with Crippen molar-refractivity contribution < 1.29 is 19.1 Å². The molecule has 2 N–H and O–H groups in total. The third-order valence-electron chi connectivity index (χ3n) is 5.09. The summed E-state index contributed by atoms with van der Waals surface area (Å²) in [6.45, 7) is 0.885. The van der Waals surface area contributed by atoms with Gasteiger partial charge in [-0.3, -0.25) is 14.9 Å². The van der Waals surface area contributed by atoms with Crippen LogP contribution in [-0.2, 0) is 29.1 Å². The second kappa shape index (κ2) is 7.86. The number of amides is 4. The summed E-state index contributed by atoms with van der Waals surface area (Å²) in [5.41, 5.74) is 2.86. The normalized spacial score (nSPS) is 17.7. The molecule has 1 fully saturated rings. The highest BCUT2D eigenvalue weighted by atomic mass is 16.5. The van der Waals surface area contributed by atoms with E-state index in [1.165, 1.54) is 0 Å². The average Bonchev–Trinajstić information content (AvgIpc) is 3.28. The zero-order valence-corrected chi connectivity index (χ0v) is 16.0. The Bertz CT molecular complexity index is 960. The van der Waals surface area contributed by atoms with Gasteiger partial charge >= 0.3 is 6.03 Å². The van der Waals surface area contributed by atoms with Crippen molar-refractivity contribution in [2.24, 2.45) is 0 Å². The summed E-state index contributed by atoms with van der Waals surface area (Å²) in [5.74, 6) is 1.04. The predicted molar refractivity (Wildman–Crippen MR) is 102 cm³/mol. The molecule has 1 unspecified atom stereocenters. The van der Waals surface area contributed by atoms with Crippen LogP contribution < -0.4 is 15.4 Å². The number of aromatic nitrogens is 2. The Hall–Kier alpha value is -3.49. The molecule has 0 bridgehead atoms. The van der Waals surface area contributed by atoms with Crippen molar-refractivity contribution in [1.82, 2.24) is 25.5 Å². The molecule has 1 aromatic heterocycles. The van der Waals surface area contributed by atoms with E-state index >= 15 is 0 Å². The quantitative estimate of drug-likeness (QED) is 0.703. The minimum absolute atomic E-state index is 0.0753. The van der Waals surface area contributed by atoms with Crippen LogP contribution in [0.1, 0.15) is 35.5 Å². The number of rotatable bonds is 6. The predicted octanol–water partition coefficient (Wildman–Crippen LogP) is 0.906. The minimum Gasteiger partial charge on any atom is -0.497 e. The number of nitrogens with one attached hydrogen (secondary N) is 2. The fraction of sp³-hybridized carbons (Fsp3) is 0.350. The number of carbonyl (C=O) groups excluding carboxylic acids is 3. The van der Waals surface area contributed by atoms with Crippen LogP contribution in [0.3, 0.4) is 0 Å². The van der Waals surface area contributed by atoms with E-state index in [1.54, 1.807) is 18.2 Å². The van der Waals surface area contributed by atoms with Crippen LogP contribution in [-0.4, -0.2) is 45.9 Å². The molecule has 1 atom stereocenters. The molecule has 9 heteroatoms. The summed E-state index contributed by atoms with van der Waals surface area (Å²) in [6, 6.07) is 6.59. The van der Waals surface area contributed by atoms with Gasteiger partial charge in [0.1, 0.15) is 17.6 Å². The van der Waals surface area contributed by atoms with Gasteiger partial charge in [-0.05, 0) is 24.1 Å². The number of carbonyl (C=O) groups is 3. The zero-order chi connectivity index (χ0) is 20.4. The molecule has 150 valence electrons. The zero-order valence-electron chi connectivity index (χ0n) is 16.0. The van der Waals surface area contributed by atoms with E-state index in [0.717, 1.165) is 22.6 Å². The summed E-state index contributed by atoms with van der Waals surface area (Å²) in [4.78, 5) is 46.0. The molecule has 0 radical (unpaired) electrons. The van der Waals surface area contributed by atoms with Gasteiger partial charge in [0.25, 0.3) is 5.91 Å². The molecule has 0 saturated carbocycles. The van der Waals surface area contributed by atoms with Gasteiger partial charge in [-0.2, -0.15) is 0 Å². The van der Waals surface area contributed by atoms with Crippen LogP contribution in [0.4, 0.5) is 4.79 Å². The highest BCUT2D eigenvalue weighted by Crippen LogP contribution is 2.22. The minimum atomic E-state index is -0.646. The first kappa shape index (κ1) is 18.9. The fourth-order valence-corrected chi connectivity index (χ4v) is 3.47. The first-order chi connectivity index (χ1) is 14.0. The van der Waals surface area contributed by atoms with Crippen LogP contribution in [0.15, 0.2) is 30.5 Å². The molecule has 1 saturated heterocycles. The van der Waals surface area contributed by atoms with Gasteiger partial charge < -0.3 is 15.0 Å². The summed E-state index contributed by atoms with van der Waals surface area (Å²) in [6.07, 6.45) is 2.83. The lowest BCUT2D eigenvalue weighted by atomic mass is 10.1. The maximum atomic E-state index is 12.5. The van der Waals surface area contributed by atoms with Crippen molar-refractivity contribution in [3.8, 4) is 5.75 Å². The molecule has 2 aromatic rings. The second-order valence-electron chi connectivity index (χ2n) is 7.09. The number of hydrogen-bond acceptors (Lipinski definition) is 6. The highest BCUT2D eigenvalue weighted by Gasteiger charge is 2.31. The first-order valence-corrected chi connectivity index (χ1v) is 9.37. The summed E-state index contributed by atoms with van der Waals surface area (Å²) >= 11 is 0. The number of methoxy groups -OCH3 is 1. The first-order valence-electron chi connectivity index (χ1n) is 9.37. The summed E-state index contributed by atoms with van der Waals surface area (Å²) in [7, 11) is 1.63. The Balaban J connectivity index is 1.34. The van der Waals surface area contributed by atoms with Crippen LogP contribution in [0, 0.1) is 0 Å². The van der Waals surface area contributed by atoms with E-state index in [9.17, 15) is 14.4 Å². The number of imide groups is 1. The second-order valence-corrected chi connectivity index (χ2v) is 7.09. The molecule has 1 aromatic carbocycles. The SMILES string of the molecule is COc1ccc(Cc2ncc3c(n2)CN(C(=O)CCC2NC(=O)NC2=O)C3)cc1. The molecule has 2 aliphatic rings. The van der Waals surface area contributed by atoms with Gasteiger partial charge in [-0.25, -0.2) is 14.8 Å². The Morgan fingerprint density at radius 3 is 2.72 bits per heavy atom. The van der Waals surface area contributed by atoms with Gasteiger partial charge in [-0.15, -0.1) is 0 Å². The molecular weight excluding hydrogens is 374 g/mol. The topological polar surface area (TPSA) is 114 Å². The summed E-state index contributed by atoms with van der Waals surface area (Å²) in [5, 5.41) is 4.67. The van der Waals surface area contributed by atoms with Crippen molar-refractivity contribution >= 4 is 17.8 Å². The number of hydrogen-bond donors (Lipinski definition) is 2. The molecule has 0 spiro atoms. The molecule has 3 heterocycles. The van der Waals surface area contributed by atoms with E-state index < -0.39 is 12.1 Å². The lowest BCUT2D eigenvalue weighted by Gasteiger charge is -2.15. The van der Waals surface area contributed by atoms with Gasteiger partial charge in [-0.1, -0.05) is 12.1 Å². The molecular formula is C20H21N5O4. The lowest BCUT2D eigenvalue weighted by Crippen LogP contribution is -2.32. The van der Waals surface area contributed by atoms with Crippen LogP contribution in [0.5, 0.6) is 5.75 Å². The Morgan fingerprint density at radius 1 is 1.24 bits per heavy atom. The van der Waals surface area contributed by atoms with Crippen LogP contribution in [0.2, 0.25) is 0 Å². The Labute approximate surface area is 167 Å². The van der Waals surface area contributed by atoms with Crippen molar-refractivity contribution in [3.63, 3.8) is 0 Å². The average molecular weight is 395 g/mol. The van der Waals surface area contributed by atoms with Crippen LogP contribution >= 0.6 is 0 Å². The Kier molecular flexibility index (Phi) is 5.11. The van der Waals surface area contributed by atoms with Crippen molar-refractivity contribution in [3.05, 3.63) is 53.1 Å². The molecule has 4 rings (SSSR count). The molecule has 29 heavy (non-hydrogen) atoms. The maximum Gasteiger partial charge on any atom is 0.322 e. The molecule has 0 aliphatic carbocycles. The number of benzene rings is 1. The van der Waals surface area contributed by atoms with E-state index in [1.807, 2.05) is 24.3 Å². The van der Waals surface area contributed by atoms with Gasteiger partial charge in [0.2, 0.25) is 5.91 Å². The third-order valence-corrected chi connectivity index (χ3v) is 5.09. The van der Waals surface area contributed by atoms with Crippen molar-refractivity contribution in [2.75, 3.05) is 7.11 Å². The van der Waals surface area contributed by atoms with Gasteiger partial charge in [0, 0.05) is 31.1 Å². The molecule has 4 amide bonds. The fourth-order valence-electron chi connectivity index (χ4n) is 3.47. The highest BCUT2D eigenvalue weighted by molar-refractivity contribution is 6.04. The third kappa shape index (κ3) is 4.18. The monoisotopic (exact) mass is 395 g/mol.